The maximum absolute atomic E-state index is 12.3. The smallest absolute Gasteiger partial charge is 0.307 e. The number of nitro groups is 1. The highest BCUT2D eigenvalue weighted by Gasteiger charge is 2.11. The number of rotatable bonds is 7. The molecule has 0 heterocycles. The lowest BCUT2D eigenvalue weighted by atomic mass is 10.0. The van der Waals surface area contributed by atoms with E-state index in [-0.39, 0.29) is 17.9 Å². The van der Waals surface area contributed by atoms with Gasteiger partial charge in [0, 0.05) is 23.3 Å². The number of ether oxygens (including phenoxy) is 1. The van der Waals surface area contributed by atoms with E-state index in [1.165, 1.54) is 55.7 Å². The van der Waals surface area contributed by atoms with Gasteiger partial charge in [-0.15, -0.1) is 0 Å². The minimum Gasteiger partial charge on any atom is -0.496 e. The Kier molecular flexibility index (Phi) is 5.62. The van der Waals surface area contributed by atoms with Gasteiger partial charge in [-0.05, 0) is 29.8 Å². The molecule has 1 N–H and O–H groups in total. The number of hydrogen-bond donors (Lipinski definition) is 1. The zero-order valence-corrected chi connectivity index (χ0v) is 13.3. The predicted octanol–water partition coefficient (Wildman–Crippen LogP) is 3.13. The van der Waals surface area contributed by atoms with Crippen LogP contribution < -0.4 is 4.74 Å². The molecule has 0 radical (unpaired) electrons. The Morgan fingerprint density at radius 1 is 1.24 bits per heavy atom. The Morgan fingerprint density at radius 2 is 2.00 bits per heavy atom. The molecule has 0 amide bonds. The van der Waals surface area contributed by atoms with Crippen LogP contribution in [0.25, 0.3) is 6.08 Å². The van der Waals surface area contributed by atoms with Crippen molar-refractivity contribution in [3.8, 4) is 5.75 Å². The highest BCUT2D eigenvalue weighted by molar-refractivity contribution is 6.07. The summed E-state index contributed by atoms with van der Waals surface area (Å²) >= 11 is 0. The van der Waals surface area contributed by atoms with Crippen molar-refractivity contribution < 1.29 is 24.4 Å². The summed E-state index contributed by atoms with van der Waals surface area (Å²) in [5.74, 6) is -0.988. The number of hydrogen-bond acceptors (Lipinski definition) is 5. The van der Waals surface area contributed by atoms with Crippen molar-refractivity contribution in [1.29, 1.82) is 0 Å². The molecule has 0 aliphatic carbocycles. The molecule has 0 saturated carbocycles. The van der Waals surface area contributed by atoms with Crippen LogP contribution in [0.4, 0.5) is 5.69 Å². The van der Waals surface area contributed by atoms with Crippen molar-refractivity contribution in [2.45, 2.75) is 6.42 Å². The van der Waals surface area contributed by atoms with Gasteiger partial charge in [-0.25, -0.2) is 0 Å². The van der Waals surface area contributed by atoms with Gasteiger partial charge in [0.05, 0.1) is 18.5 Å². The molecule has 0 bridgehead atoms. The first-order chi connectivity index (χ1) is 11.9. The van der Waals surface area contributed by atoms with Crippen LogP contribution in [-0.2, 0) is 11.2 Å². The quantitative estimate of drug-likeness (QED) is 0.359. The van der Waals surface area contributed by atoms with E-state index in [2.05, 4.69) is 0 Å². The van der Waals surface area contributed by atoms with Gasteiger partial charge >= 0.3 is 5.97 Å². The third-order valence-electron chi connectivity index (χ3n) is 3.41. The molecule has 0 fully saturated rings. The number of carbonyl (C=O) groups is 2. The standard InChI is InChI=1S/C18H15NO6/c1-25-17-8-6-13(10-14(17)11-18(21)22)16(20)7-5-12-3-2-4-15(9-12)19(23)24/h2-10H,11H2,1H3,(H,21,22)/b7-5+. The van der Waals surface area contributed by atoms with Gasteiger partial charge in [-0.1, -0.05) is 18.2 Å². The molecule has 7 nitrogen and oxygen atoms in total. The Hall–Kier alpha value is -3.48. The number of carboxylic acid groups (broad SMARTS) is 1. The first kappa shape index (κ1) is 17.9. The lowest BCUT2D eigenvalue weighted by Gasteiger charge is -2.07. The number of non-ortho nitro benzene ring substituents is 1. The monoisotopic (exact) mass is 341 g/mol. The molecule has 7 heteroatoms. The molecule has 0 atom stereocenters. The zero-order chi connectivity index (χ0) is 18.4. The van der Waals surface area contributed by atoms with Gasteiger partial charge in [0.2, 0.25) is 0 Å². The molecule has 0 aromatic heterocycles. The molecule has 128 valence electrons. The van der Waals surface area contributed by atoms with E-state index in [1.54, 1.807) is 6.07 Å². The van der Waals surface area contributed by atoms with Crippen LogP contribution in [-0.4, -0.2) is 28.9 Å². The molecule has 0 aliphatic rings. The number of nitrogens with zero attached hydrogens (tertiary/aromatic N) is 1. The summed E-state index contributed by atoms with van der Waals surface area (Å²) in [7, 11) is 1.42. The first-order valence-corrected chi connectivity index (χ1v) is 7.26. The van der Waals surface area contributed by atoms with Crippen molar-refractivity contribution in [2.24, 2.45) is 0 Å². The van der Waals surface area contributed by atoms with Crippen LogP contribution in [0.2, 0.25) is 0 Å². The molecule has 2 rings (SSSR count). The number of benzene rings is 2. The first-order valence-electron chi connectivity index (χ1n) is 7.26. The number of carbonyl (C=O) groups excluding carboxylic acids is 1. The SMILES string of the molecule is COc1ccc(C(=O)/C=C/c2cccc([N+](=O)[O-])c2)cc1CC(=O)O. The van der Waals surface area contributed by atoms with Crippen LogP contribution in [0.5, 0.6) is 5.75 Å². The van der Waals surface area contributed by atoms with Crippen LogP contribution >= 0.6 is 0 Å². The maximum Gasteiger partial charge on any atom is 0.307 e. The van der Waals surface area contributed by atoms with E-state index in [0.29, 0.717) is 22.4 Å². The highest BCUT2D eigenvalue weighted by Crippen LogP contribution is 2.21. The summed E-state index contributed by atoms with van der Waals surface area (Å²) in [5.41, 5.74) is 1.15. The Bertz CT molecular complexity index is 856. The van der Waals surface area contributed by atoms with E-state index in [0.717, 1.165) is 0 Å². The molecule has 0 unspecified atom stereocenters. The lowest BCUT2D eigenvalue weighted by Crippen LogP contribution is -2.04. The summed E-state index contributed by atoms with van der Waals surface area (Å²) in [6.07, 6.45) is 2.49. The van der Waals surface area contributed by atoms with Gasteiger partial charge in [0.25, 0.3) is 5.69 Å². The predicted molar refractivity (Wildman–Crippen MR) is 90.8 cm³/mol. The summed E-state index contributed by atoms with van der Waals surface area (Å²) in [5, 5.41) is 19.7. The average molecular weight is 341 g/mol. The van der Waals surface area contributed by atoms with E-state index in [9.17, 15) is 19.7 Å². The van der Waals surface area contributed by atoms with Crippen LogP contribution in [0.1, 0.15) is 21.5 Å². The number of carboxylic acids is 1. The lowest BCUT2D eigenvalue weighted by molar-refractivity contribution is -0.384. The summed E-state index contributed by atoms with van der Waals surface area (Å²) in [6, 6.07) is 10.4. The molecule has 25 heavy (non-hydrogen) atoms. The second kappa shape index (κ2) is 7.87. The fraction of sp³-hybridized carbons (Fsp3) is 0.111. The second-order valence-electron chi connectivity index (χ2n) is 5.15. The third-order valence-corrected chi connectivity index (χ3v) is 3.41. The minimum absolute atomic E-state index is 0.0669. The van der Waals surface area contributed by atoms with Gasteiger partial charge in [-0.3, -0.25) is 19.7 Å². The van der Waals surface area contributed by atoms with Crippen LogP contribution in [0, 0.1) is 10.1 Å². The Morgan fingerprint density at radius 3 is 2.64 bits per heavy atom. The van der Waals surface area contributed by atoms with Crippen LogP contribution in [0.15, 0.2) is 48.5 Å². The molecular weight excluding hydrogens is 326 g/mol. The van der Waals surface area contributed by atoms with Gasteiger partial charge in [0.15, 0.2) is 5.78 Å². The van der Waals surface area contributed by atoms with Crippen molar-refractivity contribution >= 4 is 23.5 Å². The van der Waals surface area contributed by atoms with Crippen molar-refractivity contribution in [3.05, 3.63) is 75.3 Å². The number of allylic oxidation sites excluding steroid dienone is 1. The average Bonchev–Trinajstić information content (AvgIpc) is 2.59. The summed E-state index contributed by atoms with van der Waals surface area (Å²) < 4.78 is 5.09. The Balaban J connectivity index is 2.24. The molecule has 0 aliphatic heterocycles. The third kappa shape index (κ3) is 4.74. The fourth-order valence-electron chi connectivity index (χ4n) is 2.24. The molecular formula is C18H15NO6. The Labute approximate surface area is 143 Å². The normalized spacial score (nSPS) is 10.6. The van der Waals surface area contributed by atoms with E-state index in [4.69, 9.17) is 9.84 Å². The van der Waals surface area contributed by atoms with Crippen molar-refractivity contribution in [3.63, 3.8) is 0 Å². The summed E-state index contributed by atoms with van der Waals surface area (Å²) in [4.78, 5) is 33.4. The number of aliphatic carboxylic acids is 1. The summed E-state index contributed by atoms with van der Waals surface area (Å²) in [6.45, 7) is 0. The van der Waals surface area contributed by atoms with Gasteiger partial charge < -0.3 is 9.84 Å². The number of methoxy groups -OCH3 is 1. The topological polar surface area (TPSA) is 107 Å². The molecule has 0 spiro atoms. The molecule has 2 aromatic carbocycles. The van der Waals surface area contributed by atoms with Gasteiger partial charge in [0.1, 0.15) is 5.75 Å². The number of nitro benzene ring substituents is 1. The fourth-order valence-corrected chi connectivity index (χ4v) is 2.24. The van der Waals surface area contributed by atoms with Gasteiger partial charge in [-0.2, -0.15) is 0 Å². The van der Waals surface area contributed by atoms with E-state index in [1.807, 2.05) is 0 Å². The van der Waals surface area contributed by atoms with Crippen molar-refractivity contribution in [2.75, 3.05) is 7.11 Å². The zero-order valence-electron chi connectivity index (χ0n) is 13.3. The minimum atomic E-state index is -1.03. The van der Waals surface area contributed by atoms with E-state index >= 15 is 0 Å². The van der Waals surface area contributed by atoms with Crippen LogP contribution in [0.3, 0.4) is 0 Å². The number of ketones is 1. The largest absolute Gasteiger partial charge is 0.496 e. The molecule has 0 saturated heterocycles. The van der Waals surface area contributed by atoms with Crippen molar-refractivity contribution in [1.82, 2.24) is 0 Å². The second-order valence-corrected chi connectivity index (χ2v) is 5.15. The highest BCUT2D eigenvalue weighted by atomic mass is 16.6. The van der Waals surface area contributed by atoms with E-state index < -0.39 is 10.9 Å². The maximum atomic E-state index is 12.3. The molecule has 2 aromatic rings.